The third-order valence-electron chi connectivity index (χ3n) is 6.57. The van der Waals surface area contributed by atoms with Gasteiger partial charge in [0.1, 0.15) is 24.4 Å². The number of carbonyl (C=O) groups is 7. The van der Waals surface area contributed by atoms with E-state index >= 15 is 0 Å². The molecule has 0 aliphatic rings. The Balaban J connectivity index is 1.82. The fraction of sp³-hybridized carbons (Fsp3) is 0.357. The molecule has 0 bridgehead atoms. The van der Waals surface area contributed by atoms with Gasteiger partial charge in [0.15, 0.2) is 0 Å². The lowest BCUT2D eigenvalue weighted by Crippen LogP contribution is -2.58. The predicted octanol–water partition coefficient (Wildman–Crippen LogP) is -0.826. The summed E-state index contributed by atoms with van der Waals surface area (Å²) < 4.78 is 0. The number of fused-ring (bicyclic) bond motifs is 1. The molecule has 0 aliphatic carbocycles. The molecule has 8 N–H and O–H groups in total. The second-order valence-electron chi connectivity index (χ2n) is 10.0. The highest BCUT2D eigenvalue weighted by Crippen LogP contribution is 2.19. The van der Waals surface area contributed by atoms with Crippen molar-refractivity contribution in [3.05, 3.63) is 54.2 Å². The zero-order chi connectivity index (χ0) is 32.2. The lowest BCUT2D eigenvalue weighted by molar-refractivity contribution is -0.140. The Bertz CT molecular complexity index is 1500. The monoisotopic (exact) mass is 611 g/mol. The number of hydrogen-bond acceptors (Lipinski definition) is 8. The average Bonchev–Trinajstić information content (AvgIpc) is 3.63. The molecule has 0 saturated carbocycles. The minimum atomic E-state index is -1.45. The van der Waals surface area contributed by atoms with Crippen LogP contribution < -0.4 is 21.3 Å². The van der Waals surface area contributed by atoms with Crippen molar-refractivity contribution >= 4 is 52.8 Å². The van der Waals surface area contributed by atoms with Gasteiger partial charge in [0.2, 0.25) is 23.6 Å². The Hall–Kier alpha value is -5.54. The number of nitrogens with zero attached hydrogens (tertiary/aromatic N) is 1. The van der Waals surface area contributed by atoms with Gasteiger partial charge in [-0.2, -0.15) is 0 Å². The van der Waals surface area contributed by atoms with Gasteiger partial charge in [-0.25, -0.2) is 4.98 Å². The number of aromatic amines is 2. The molecule has 0 saturated heterocycles. The number of benzene rings is 1. The molecule has 2 aromatic heterocycles. The summed E-state index contributed by atoms with van der Waals surface area (Å²) in [6.07, 6.45) is 2.96. The topological polar surface area (TPSA) is 253 Å². The number of carbonyl (C=O) groups excluding carboxylic acids is 5. The van der Waals surface area contributed by atoms with Gasteiger partial charge in [-0.3, -0.25) is 28.8 Å². The zero-order valence-electron chi connectivity index (χ0n) is 23.7. The first kappa shape index (κ1) is 33.0. The number of aliphatic carboxylic acids is 2. The first-order chi connectivity index (χ1) is 21.0. The number of carboxylic acid groups (broad SMARTS) is 2. The molecule has 0 unspecified atom stereocenters. The van der Waals surface area contributed by atoms with E-state index in [1.54, 1.807) is 6.20 Å². The Morgan fingerprint density at radius 2 is 1.52 bits per heavy atom. The van der Waals surface area contributed by atoms with Crippen molar-refractivity contribution in [1.82, 2.24) is 36.2 Å². The molecule has 0 radical (unpaired) electrons. The number of aldehydes is 1. The van der Waals surface area contributed by atoms with E-state index in [4.69, 9.17) is 5.11 Å². The summed E-state index contributed by atoms with van der Waals surface area (Å²) in [5, 5.41) is 28.8. The Labute approximate surface area is 250 Å². The van der Waals surface area contributed by atoms with Crippen LogP contribution in [0.5, 0.6) is 0 Å². The molecule has 234 valence electrons. The van der Waals surface area contributed by atoms with Crippen molar-refractivity contribution in [3.63, 3.8) is 0 Å². The minimum absolute atomic E-state index is 0.0458. The van der Waals surface area contributed by atoms with E-state index in [1.165, 1.54) is 19.4 Å². The number of nitrogens with one attached hydrogen (secondary N) is 6. The van der Waals surface area contributed by atoms with E-state index in [0.29, 0.717) is 11.3 Å². The molecule has 3 aromatic rings. The Morgan fingerprint density at radius 3 is 2.16 bits per heavy atom. The van der Waals surface area contributed by atoms with E-state index in [1.807, 2.05) is 24.3 Å². The van der Waals surface area contributed by atoms with Gasteiger partial charge in [0.05, 0.1) is 18.8 Å². The fourth-order valence-electron chi connectivity index (χ4n) is 4.49. The number of carboxylic acids is 2. The van der Waals surface area contributed by atoms with Crippen molar-refractivity contribution in [1.29, 1.82) is 0 Å². The maximum absolute atomic E-state index is 13.4. The molecule has 44 heavy (non-hydrogen) atoms. The van der Waals surface area contributed by atoms with E-state index in [0.717, 1.165) is 10.9 Å². The molecule has 16 nitrogen and oxygen atoms in total. The fourth-order valence-corrected chi connectivity index (χ4v) is 4.49. The number of amides is 4. The third kappa shape index (κ3) is 9.78. The molecular weight excluding hydrogens is 578 g/mol. The lowest BCUT2D eigenvalue weighted by atomic mass is 10.0. The smallest absolute Gasteiger partial charge is 0.305 e. The minimum Gasteiger partial charge on any atom is -0.481 e. The van der Waals surface area contributed by atoms with E-state index in [-0.39, 0.29) is 25.5 Å². The van der Waals surface area contributed by atoms with E-state index < -0.39 is 72.6 Å². The summed E-state index contributed by atoms with van der Waals surface area (Å²) in [5.74, 6) is -5.69. The molecule has 4 atom stereocenters. The Morgan fingerprint density at radius 1 is 0.864 bits per heavy atom. The standard InChI is InChI=1S/C28H33N7O9/c1-15(37)32-22(8-16-11-30-20-5-3-2-4-19(16)20)28(44)34-21(6-7-24(38)39)26(42)35-23(9-17-12-29-14-31-17)27(43)33-18(13-36)10-25(40)41/h2-5,11-14,18,21-23,30H,6-10H2,1H3,(H,29,31)(H,32,37)(H,33,43)(H,34,44)(H,35,42)(H,38,39)(H,40,41)/t18-,21-,22-,23-/m1/s1. The molecule has 2 heterocycles. The quantitative estimate of drug-likeness (QED) is 0.0880. The van der Waals surface area contributed by atoms with Crippen LogP contribution >= 0.6 is 0 Å². The second-order valence-corrected chi connectivity index (χ2v) is 10.0. The number of hydrogen-bond donors (Lipinski definition) is 8. The van der Waals surface area contributed by atoms with E-state index in [9.17, 15) is 38.7 Å². The highest BCUT2D eigenvalue weighted by molar-refractivity contribution is 5.95. The molecule has 16 heteroatoms. The highest BCUT2D eigenvalue weighted by Gasteiger charge is 2.31. The molecule has 0 fully saturated rings. The van der Waals surface area contributed by atoms with Gasteiger partial charge in [-0.15, -0.1) is 0 Å². The van der Waals surface area contributed by atoms with Crippen LogP contribution in [0.1, 0.15) is 37.4 Å². The van der Waals surface area contributed by atoms with Crippen molar-refractivity contribution in [3.8, 4) is 0 Å². The van der Waals surface area contributed by atoms with Gasteiger partial charge >= 0.3 is 11.9 Å². The van der Waals surface area contributed by atoms with Crippen LogP contribution in [0.2, 0.25) is 0 Å². The number of rotatable bonds is 17. The van der Waals surface area contributed by atoms with Crippen LogP contribution in [0.25, 0.3) is 10.9 Å². The van der Waals surface area contributed by atoms with Gasteiger partial charge in [0, 0.05) is 55.2 Å². The molecule has 1 aromatic carbocycles. The predicted molar refractivity (Wildman–Crippen MR) is 153 cm³/mol. The van der Waals surface area contributed by atoms with Crippen molar-refractivity contribution in [2.75, 3.05) is 0 Å². The number of H-pyrrole nitrogens is 2. The number of aromatic nitrogens is 3. The second kappa shape index (κ2) is 15.6. The third-order valence-corrected chi connectivity index (χ3v) is 6.57. The van der Waals surface area contributed by atoms with Crippen LogP contribution in [-0.2, 0) is 46.4 Å². The number of imidazole rings is 1. The molecule has 0 spiro atoms. The maximum atomic E-state index is 13.4. The SMILES string of the molecule is CC(=O)N[C@H](Cc1c[nH]c2ccccc12)C(=O)N[C@H](CCC(=O)O)C(=O)N[C@H](Cc1cnc[nH]1)C(=O)N[C@@H](C=O)CC(=O)O. The highest BCUT2D eigenvalue weighted by atomic mass is 16.4. The summed E-state index contributed by atoms with van der Waals surface area (Å²) >= 11 is 0. The lowest BCUT2D eigenvalue weighted by Gasteiger charge is -2.25. The summed E-state index contributed by atoms with van der Waals surface area (Å²) in [6, 6.07) is 1.98. The van der Waals surface area contributed by atoms with Crippen molar-refractivity contribution in [2.24, 2.45) is 0 Å². The summed E-state index contributed by atoms with van der Waals surface area (Å²) in [5.41, 5.74) is 1.93. The molecule has 3 rings (SSSR count). The summed E-state index contributed by atoms with van der Waals surface area (Å²) in [6.45, 7) is 1.22. The van der Waals surface area contributed by atoms with Crippen LogP contribution in [-0.4, -0.2) is 91.2 Å². The summed E-state index contributed by atoms with van der Waals surface area (Å²) in [7, 11) is 0. The van der Waals surface area contributed by atoms with Crippen molar-refractivity contribution in [2.45, 2.75) is 63.2 Å². The van der Waals surface area contributed by atoms with Gasteiger partial charge < -0.3 is 46.2 Å². The Kier molecular flexibility index (Phi) is 11.7. The van der Waals surface area contributed by atoms with Crippen LogP contribution in [0.15, 0.2) is 43.0 Å². The van der Waals surface area contributed by atoms with Crippen LogP contribution in [0.4, 0.5) is 0 Å². The van der Waals surface area contributed by atoms with Crippen LogP contribution in [0.3, 0.4) is 0 Å². The average molecular weight is 612 g/mol. The van der Waals surface area contributed by atoms with Crippen LogP contribution in [0, 0.1) is 0 Å². The summed E-state index contributed by atoms with van der Waals surface area (Å²) in [4.78, 5) is 95.3. The first-order valence-electron chi connectivity index (χ1n) is 13.6. The maximum Gasteiger partial charge on any atom is 0.305 e. The normalized spacial score (nSPS) is 13.6. The molecule has 4 amide bonds. The van der Waals surface area contributed by atoms with E-state index in [2.05, 4.69) is 36.2 Å². The first-order valence-corrected chi connectivity index (χ1v) is 13.6. The zero-order valence-corrected chi connectivity index (χ0v) is 23.7. The number of para-hydroxylation sites is 1. The largest absolute Gasteiger partial charge is 0.481 e. The molecule has 0 aliphatic heterocycles. The molecular formula is C28H33N7O9. The van der Waals surface area contributed by atoms with Gasteiger partial charge in [-0.1, -0.05) is 18.2 Å². The van der Waals surface area contributed by atoms with Gasteiger partial charge in [0.25, 0.3) is 0 Å². The van der Waals surface area contributed by atoms with Crippen molar-refractivity contribution < 1.29 is 43.8 Å². The van der Waals surface area contributed by atoms with Gasteiger partial charge in [-0.05, 0) is 18.1 Å².